The molecule has 0 bridgehead atoms. The van der Waals surface area contributed by atoms with Crippen LogP contribution >= 0.6 is 27.7 Å². The maximum Gasteiger partial charge on any atom is 0.0445 e. The van der Waals surface area contributed by atoms with Crippen LogP contribution in [0.2, 0.25) is 0 Å². The van der Waals surface area contributed by atoms with Crippen LogP contribution in [-0.2, 0) is 0 Å². The minimum absolute atomic E-state index is 0.197. The molecule has 0 aliphatic carbocycles. The summed E-state index contributed by atoms with van der Waals surface area (Å²) in [4.78, 5) is 0. The third-order valence-corrected chi connectivity index (χ3v) is 4.59. The van der Waals surface area contributed by atoms with E-state index in [4.69, 9.17) is 5.73 Å². The lowest BCUT2D eigenvalue weighted by atomic mass is 10.1. The third kappa shape index (κ3) is 4.48. The molecule has 0 heterocycles. The van der Waals surface area contributed by atoms with Crippen molar-refractivity contribution in [3.8, 4) is 0 Å². The van der Waals surface area contributed by atoms with E-state index in [-0.39, 0.29) is 6.04 Å². The average molecular weight is 302 g/mol. The molecule has 3 heteroatoms. The van der Waals surface area contributed by atoms with Crippen LogP contribution in [0.4, 0.5) is 0 Å². The molecule has 0 aliphatic heterocycles. The van der Waals surface area contributed by atoms with Crippen molar-refractivity contribution in [3.63, 3.8) is 0 Å². The van der Waals surface area contributed by atoms with E-state index < -0.39 is 0 Å². The van der Waals surface area contributed by atoms with Gasteiger partial charge in [-0.25, -0.2) is 0 Å². The van der Waals surface area contributed by atoms with E-state index in [9.17, 15) is 0 Å². The topological polar surface area (TPSA) is 26.0 Å². The van der Waals surface area contributed by atoms with Gasteiger partial charge in [0.1, 0.15) is 0 Å². The summed E-state index contributed by atoms with van der Waals surface area (Å²) in [6.07, 6.45) is 2.52. The van der Waals surface area contributed by atoms with Gasteiger partial charge in [-0.15, -0.1) is 0 Å². The van der Waals surface area contributed by atoms with Crippen LogP contribution in [0.1, 0.15) is 37.5 Å². The second kappa shape index (κ2) is 7.36. The molecule has 1 aromatic rings. The molecule has 0 radical (unpaired) electrons. The Morgan fingerprint density at radius 1 is 1.31 bits per heavy atom. The third-order valence-electron chi connectivity index (χ3n) is 2.47. The Labute approximate surface area is 111 Å². The summed E-state index contributed by atoms with van der Waals surface area (Å²) in [5.74, 6) is 1.19. The van der Waals surface area contributed by atoms with Crippen molar-refractivity contribution in [1.82, 2.24) is 0 Å². The van der Waals surface area contributed by atoms with Gasteiger partial charge in [-0.05, 0) is 36.8 Å². The largest absolute Gasteiger partial charge is 0.327 e. The van der Waals surface area contributed by atoms with Crippen LogP contribution in [0.15, 0.2) is 28.7 Å². The number of hydrogen-bond donors (Lipinski definition) is 1. The molecule has 0 amide bonds. The molecule has 0 fully saturated rings. The van der Waals surface area contributed by atoms with E-state index in [2.05, 4.69) is 54.0 Å². The molecule has 0 aliphatic rings. The quantitative estimate of drug-likeness (QED) is 0.790. The van der Waals surface area contributed by atoms with Crippen LogP contribution in [0, 0.1) is 0 Å². The molecular weight excluding hydrogens is 282 g/mol. The summed E-state index contributed by atoms with van der Waals surface area (Å²) < 4.78 is 1.12. The summed E-state index contributed by atoms with van der Waals surface area (Å²) in [7, 11) is 0. The number of thioether (sulfide) groups is 1. The zero-order chi connectivity index (χ0) is 12.0. The molecule has 1 rings (SSSR count). The highest BCUT2D eigenvalue weighted by atomic mass is 79.9. The van der Waals surface area contributed by atoms with Crippen molar-refractivity contribution < 1.29 is 0 Å². The Hall–Kier alpha value is 0.01000. The van der Waals surface area contributed by atoms with E-state index in [0.29, 0.717) is 5.25 Å². The van der Waals surface area contributed by atoms with E-state index in [0.717, 1.165) is 4.47 Å². The first-order valence-corrected chi connectivity index (χ1v) is 7.62. The monoisotopic (exact) mass is 301 g/mol. The van der Waals surface area contributed by atoms with Crippen molar-refractivity contribution in [2.75, 3.05) is 5.75 Å². The lowest BCUT2D eigenvalue weighted by molar-refractivity contribution is 0.719. The number of nitrogens with two attached hydrogens (primary N) is 1. The highest BCUT2D eigenvalue weighted by molar-refractivity contribution is 9.10. The Morgan fingerprint density at radius 3 is 2.44 bits per heavy atom. The second-order valence-electron chi connectivity index (χ2n) is 4.06. The number of hydrogen-bond acceptors (Lipinski definition) is 2. The van der Waals surface area contributed by atoms with Gasteiger partial charge in [0.05, 0.1) is 0 Å². The van der Waals surface area contributed by atoms with E-state index in [1.165, 1.54) is 24.2 Å². The fourth-order valence-corrected chi connectivity index (χ4v) is 3.19. The summed E-state index contributed by atoms with van der Waals surface area (Å²) in [5, 5.41) is 0.416. The maximum atomic E-state index is 6.06. The van der Waals surface area contributed by atoms with Crippen molar-refractivity contribution in [2.45, 2.75) is 38.0 Å². The van der Waals surface area contributed by atoms with E-state index in [1.54, 1.807) is 0 Å². The van der Waals surface area contributed by atoms with Crippen molar-refractivity contribution in [3.05, 3.63) is 34.3 Å². The van der Waals surface area contributed by atoms with Crippen molar-refractivity contribution in [1.29, 1.82) is 0 Å². The fourth-order valence-electron chi connectivity index (χ4n) is 1.56. The van der Waals surface area contributed by atoms with E-state index in [1.807, 2.05) is 11.8 Å². The predicted octanol–water partition coefficient (Wildman–Crippen LogP) is 4.37. The summed E-state index contributed by atoms with van der Waals surface area (Å²) in [5.41, 5.74) is 7.39. The number of benzene rings is 1. The zero-order valence-electron chi connectivity index (χ0n) is 9.95. The highest BCUT2D eigenvalue weighted by Gasteiger charge is 2.16. The van der Waals surface area contributed by atoms with Gasteiger partial charge in [0.15, 0.2) is 0 Å². The minimum atomic E-state index is 0.197. The van der Waals surface area contributed by atoms with E-state index >= 15 is 0 Å². The Balaban J connectivity index is 2.65. The molecule has 16 heavy (non-hydrogen) atoms. The molecule has 2 atom stereocenters. The Morgan fingerprint density at radius 2 is 1.94 bits per heavy atom. The smallest absolute Gasteiger partial charge is 0.0445 e. The van der Waals surface area contributed by atoms with Crippen LogP contribution in [0.5, 0.6) is 0 Å². The number of unbranched alkanes of at least 4 members (excludes halogenated alkanes) is 1. The summed E-state index contributed by atoms with van der Waals surface area (Å²) in [6, 6.07) is 8.70. The fraction of sp³-hybridized carbons (Fsp3) is 0.538. The SMILES string of the molecule is CCCCSC(c1ccc(Br)cc1)C(C)N. The highest BCUT2D eigenvalue weighted by Crippen LogP contribution is 2.32. The normalized spacial score (nSPS) is 14.8. The van der Waals surface area contributed by atoms with Gasteiger partial charge in [-0.1, -0.05) is 41.4 Å². The van der Waals surface area contributed by atoms with Crippen molar-refractivity contribution >= 4 is 27.7 Å². The molecular formula is C13H20BrNS. The molecule has 2 unspecified atom stereocenters. The molecule has 0 saturated carbocycles. The first kappa shape index (κ1) is 14.1. The van der Waals surface area contributed by atoms with Crippen LogP contribution in [0.3, 0.4) is 0 Å². The van der Waals surface area contributed by atoms with Crippen LogP contribution in [-0.4, -0.2) is 11.8 Å². The lowest BCUT2D eigenvalue weighted by Crippen LogP contribution is -2.22. The number of rotatable bonds is 6. The van der Waals surface area contributed by atoms with Gasteiger partial charge in [-0.2, -0.15) is 11.8 Å². The molecule has 1 nitrogen and oxygen atoms in total. The van der Waals surface area contributed by atoms with Gasteiger partial charge in [0, 0.05) is 15.8 Å². The molecule has 2 N–H and O–H groups in total. The molecule has 0 spiro atoms. The predicted molar refractivity (Wildman–Crippen MR) is 77.9 cm³/mol. The maximum absolute atomic E-state index is 6.06. The Bertz CT molecular complexity index is 297. The van der Waals surface area contributed by atoms with Gasteiger partial charge in [0.2, 0.25) is 0 Å². The summed E-state index contributed by atoms with van der Waals surface area (Å²) >= 11 is 5.43. The van der Waals surface area contributed by atoms with Gasteiger partial charge >= 0.3 is 0 Å². The molecule has 0 aromatic heterocycles. The van der Waals surface area contributed by atoms with Gasteiger partial charge in [-0.3, -0.25) is 0 Å². The van der Waals surface area contributed by atoms with Crippen LogP contribution in [0.25, 0.3) is 0 Å². The first-order chi connectivity index (χ1) is 7.65. The average Bonchev–Trinajstić information content (AvgIpc) is 2.26. The number of halogens is 1. The minimum Gasteiger partial charge on any atom is -0.327 e. The molecule has 90 valence electrons. The Kier molecular flexibility index (Phi) is 6.47. The van der Waals surface area contributed by atoms with Crippen molar-refractivity contribution in [2.24, 2.45) is 5.73 Å². The standard InChI is InChI=1S/C13H20BrNS/c1-3-4-9-16-13(10(2)15)11-5-7-12(14)8-6-11/h5-8,10,13H,3-4,9,15H2,1-2H3. The molecule has 0 saturated heterocycles. The zero-order valence-corrected chi connectivity index (χ0v) is 12.4. The van der Waals surface area contributed by atoms with Gasteiger partial charge < -0.3 is 5.73 Å². The molecule has 1 aromatic carbocycles. The van der Waals surface area contributed by atoms with Crippen LogP contribution < -0.4 is 5.73 Å². The van der Waals surface area contributed by atoms with Gasteiger partial charge in [0.25, 0.3) is 0 Å². The summed E-state index contributed by atoms with van der Waals surface area (Å²) in [6.45, 7) is 4.31. The lowest BCUT2D eigenvalue weighted by Gasteiger charge is -2.20. The second-order valence-corrected chi connectivity index (χ2v) is 6.22. The first-order valence-electron chi connectivity index (χ1n) is 5.77.